The minimum Gasteiger partial charge on any atom is -0.493 e. The van der Waals surface area contributed by atoms with E-state index in [0.29, 0.717) is 45.8 Å². The lowest BCUT2D eigenvalue weighted by molar-refractivity contribution is 0.0984. The van der Waals surface area contributed by atoms with Crippen LogP contribution in [0.15, 0.2) is 60.7 Å². The maximum absolute atomic E-state index is 13.4. The molecule has 1 atom stereocenters. The van der Waals surface area contributed by atoms with Gasteiger partial charge in [0.1, 0.15) is 0 Å². The molecule has 1 N–H and O–H groups in total. The summed E-state index contributed by atoms with van der Waals surface area (Å²) >= 11 is 12.7. The number of fused-ring (bicyclic) bond motifs is 1. The fourth-order valence-corrected chi connectivity index (χ4v) is 4.36. The summed E-state index contributed by atoms with van der Waals surface area (Å²) in [6.07, 6.45) is 0.706. The molecule has 0 saturated heterocycles. The molecule has 1 unspecified atom stereocenters. The molecule has 0 saturated carbocycles. The second-order valence-corrected chi connectivity index (χ2v) is 7.98. The second kappa shape index (κ2) is 9.08. The van der Waals surface area contributed by atoms with E-state index < -0.39 is 0 Å². The van der Waals surface area contributed by atoms with Gasteiger partial charge in [0, 0.05) is 17.8 Å². The highest BCUT2D eigenvalue weighted by Crippen LogP contribution is 2.40. The molecule has 3 aromatic rings. The molecule has 0 spiro atoms. The Bertz CT molecular complexity index is 1100. The summed E-state index contributed by atoms with van der Waals surface area (Å²) in [5.74, 6) is 1.01. The van der Waals surface area contributed by atoms with E-state index in [1.807, 2.05) is 30.3 Å². The first-order valence-electron chi connectivity index (χ1n) is 9.87. The van der Waals surface area contributed by atoms with Gasteiger partial charge in [-0.1, -0.05) is 47.5 Å². The van der Waals surface area contributed by atoms with Crippen molar-refractivity contribution in [2.75, 3.05) is 31.0 Å². The average molecular weight is 457 g/mol. The molecule has 0 fully saturated rings. The van der Waals surface area contributed by atoms with Crippen molar-refractivity contribution in [3.05, 3.63) is 81.8 Å². The number of ether oxygens (including phenoxy) is 2. The zero-order valence-corrected chi connectivity index (χ0v) is 18.7. The lowest BCUT2D eigenvalue weighted by Crippen LogP contribution is -2.38. The fraction of sp³-hybridized carbons (Fsp3) is 0.208. The van der Waals surface area contributed by atoms with E-state index in [1.165, 1.54) is 0 Å². The van der Waals surface area contributed by atoms with Crippen LogP contribution in [0.2, 0.25) is 10.0 Å². The van der Waals surface area contributed by atoms with Crippen LogP contribution in [0, 0.1) is 0 Å². The highest BCUT2D eigenvalue weighted by Gasteiger charge is 2.30. The molecule has 5 nitrogen and oxygen atoms in total. The van der Waals surface area contributed by atoms with E-state index in [1.54, 1.807) is 49.5 Å². The quantitative estimate of drug-likeness (QED) is 0.495. The first kappa shape index (κ1) is 21.3. The summed E-state index contributed by atoms with van der Waals surface area (Å²) in [6.45, 7) is 0.546. The predicted molar refractivity (Wildman–Crippen MR) is 125 cm³/mol. The van der Waals surface area contributed by atoms with Gasteiger partial charge in [-0.05, 0) is 48.4 Å². The number of halogens is 2. The number of para-hydroxylation sites is 2. The molecular weight excluding hydrogens is 435 g/mol. The molecule has 0 radical (unpaired) electrons. The Morgan fingerprint density at radius 3 is 2.39 bits per heavy atom. The van der Waals surface area contributed by atoms with Gasteiger partial charge in [-0.2, -0.15) is 0 Å². The highest BCUT2D eigenvalue weighted by molar-refractivity contribution is 6.39. The van der Waals surface area contributed by atoms with E-state index in [9.17, 15) is 4.79 Å². The highest BCUT2D eigenvalue weighted by atomic mass is 35.5. The van der Waals surface area contributed by atoms with Gasteiger partial charge in [-0.25, -0.2) is 0 Å². The Hall–Kier alpha value is -2.89. The van der Waals surface area contributed by atoms with E-state index in [4.69, 9.17) is 32.7 Å². The van der Waals surface area contributed by atoms with E-state index in [2.05, 4.69) is 5.32 Å². The van der Waals surface area contributed by atoms with Crippen LogP contribution in [0.5, 0.6) is 11.5 Å². The summed E-state index contributed by atoms with van der Waals surface area (Å²) in [5, 5.41) is 4.60. The molecule has 3 aromatic carbocycles. The number of nitrogens with one attached hydrogen (secondary N) is 1. The summed E-state index contributed by atoms with van der Waals surface area (Å²) in [5.41, 5.74) is 3.10. The summed E-state index contributed by atoms with van der Waals surface area (Å²) < 4.78 is 10.6. The minimum atomic E-state index is -0.0948. The van der Waals surface area contributed by atoms with Gasteiger partial charge in [0.05, 0.1) is 36.0 Å². The Labute approximate surface area is 191 Å². The Balaban J connectivity index is 1.65. The lowest BCUT2D eigenvalue weighted by Gasteiger charge is -2.35. The summed E-state index contributed by atoms with van der Waals surface area (Å²) in [7, 11) is 3.12. The number of amides is 1. The molecule has 160 valence electrons. The molecule has 0 aliphatic carbocycles. The number of carbonyl (C=O) groups is 1. The normalized spacial score (nSPS) is 15.2. The molecule has 0 aromatic heterocycles. The average Bonchev–Trinajstić information content (AvgIpc) is 2.80. The van der Waals surface area contributed by atoms with Gasteiger partial charge < -0.3 is 19.7 Å². The third-order valence-electron chi connectivity index (χ3n) is 5.40. The first-order valence-corrected chi connectivity index (χ1v) is 10.6. The van der Waals surface area contributed by atoms with E-state index >= 15 is 0 Å². The number of anilines is 2. The zero-order chi connectivity index (χ0) is 22.0. The monoisotopic (exact) mass is 456 g/mol. The van der Waals surface area contributed by atoms with Crippen molar-refractivity contribution in [3.8, 4) is 11.5 Å². The number of carbonyl (C=O) groups excluding carboxylic acids is 1. The number of hydrogen-bond donors (Lipinski definition) is 1. The van der Waals surface area contributed by atoms with Crippen molar-refractivity contribution in [2.24, 2.45) is 0 Å². The molecule has 1 aliphatic heterocycles. The van der Waals surface area contributed by atoms with Crippen molar-refractivity contribution in [3.63, 3.8) is 0 Å². The van der Waals surface area contributed by atoms with Gasteiger partial charge in [0.25, 0.3) is 5.91 Å². The Kier molecular flexibility index (Phi) is 6.25. The lowest BCUT2D eigenvalue weighted by atomic mass is 9.95. The molecule has 4 rings (SSSR count). The minimum absolute atomic E-state index is 0.0250. The molecule has 1 aliphatic rings. The zero-order valence-electron chi connectivity index (χ0n) is 17.2. The standard InChI is InChI=1S/C24H22Cl2N2O3/c1-30-21-11-10-15(14-22(21)31-2)24(29)28-13-12-19(16-6-3-4-9-20(16)28)27-23-17(25)7-5-8-18(23)26/h3-11,14,19,27H,12-13H2,1-2H3. The molecule has 31 heavy (non-hydrogen) atoms. The number of methoxy groups -OCH3 is 2. The van der Waals surface area contributed by atoms with Crippen LogP contribution in [-0.4, -0.2) is 26.7 Å². The van der Waals surface area contributed by atoms with Crippen LogP contribution in [0.25, 0.3) is 0 Å². The van der Waals surface area contributed by atoms with Crippen molar-refractivity contribution in [1.82, 2.24) is 0 Å². The van der Waals surface area contributed by atoms with Gasteiger partial charge in [-0.3, -0.25) is 4.79 Å². The number of nitrogens with zero attached hydrogens (tertiary/aromatic N) is 1. The third kappa shape index (κ3) is 4.16. The summed E-state index contributed by atoms with van der Waals surface area (Å²) in [6, 6.07) is 18.5. The molecule has 1 amide bonds. The van der Waals surface area contributed by atoms with Crippen LogP contribution in [0.1, 0.15) is 28.4 Å². The van der Waals surface area contributed by atoms with Crippen LogP contribution in [0.3, 0.4) is 0 Å². The van der Waals surface area contributed by atoms with Crippen LogP contribution < -0.4 is 19.7 Å². The van der Waals surface area contributed by atoms with Crippen LogP contribution in [-0.2, 0) is 0 Å². The molecule has 7 heteroatoms. The predicted octanol–water partition coefficient (Wildman–Crippen LogP) is 6.21. The van der Waals surface area contributed by atoms with Gasteiger partial charge in [0.15, 0.2) is 11.5 Å². The Morgan fingerprint density at radius 2 is 1.68 bits per heavy atom. The third-order valence-corrected chi connectivity index (χ3v) is 6.03. The largest absolute Gasteiger partial charge is 0.493 e. The Morgan fingerprint density at radius 1 is 0.968 bits per heavy atom. The summed E-state index contributed by atoms with van der Waals surface area (Å²) in [4.78, 5) is 15.2. The number of benzene rings is 3. The smallest absolute Gasteiger partial charge is 0.258 e. The maximum atomic E-state index is 13.4. The molecular formula is C24H22Cl2N2O3. The van der Waals surface area contributed by atoms with Crippen LogP contribution >= 0.6 is 23.2 Å². The fourth-order valence-electron chi connectivity index (χ4n) is 3.86. The SMILES string of the molecule is COc1ccc(C(=O)N2CCC(Nc3c(Cl)cccc3Cl)c3ccccc32)cc1OC. The number of rotatable bonds is 5. The maximum Gasteiger partial charge on any atom is 0.258 e. The van der Waals surface area contributed by atoms with Crippen LogP contribution in [0.4, 0.5) is 11.4 Å². The molecule has 0 bridgehead atoms. The van der Waals surface area contributed by atoms with Gasteiger partial charge in [-0.15, -0.1) is 0 Å². The van der Waals surface area contributed by atoms with E-state index in [0.717, 1.165) is 11.3 Å². The van der Waals surface area contributed by atoms with Crippen molar-refractivity contribution >= 4 is 40.5 Å². The molecule has 1 heterocycles. The first-order chi connectivity index (χ1) is 15.0. The second-order valence-electron chi connectivity index (χ2n) is 7.17. The van der Waals surface area contributed by atoms with Crippen molar-refractivity contribution in [1.29, 1.82) is 0 Å². The van der Waals surface area contributed by atoms with Gasteiger partial charge in [0.2, 0.25) is 0 Å². The van der Waals surface area contributed by atoms with Gasteiger partial charge >= 0.3 is 0 Å². The van der Waals surface area contributed by atoms with Crippen molar-refractivity contribution < 1.29 is 14.3 Å². The van der Waals surface area contributed by atoms with Crippen molar-refractivity contribution in [2.45, 2.75) is 12.5 Å². The topological polar surface area (TPSA) is 50.8 Å². The number of hydrogen-bond acceptors (Lipinski definition) is 4. The van der Waals surface area contributed by atoms with E-state index in [-0.39, 0.29) is 11.9 Å².